The van der Waals surface area contributed by atoms with Crippen LogP contribution in [0, 0.1) is 0 Å². The van der Waals surface area contributed by atoms with Gasteiger partial charge in [0.1, 0.15) is 0 Å². The molecule has 0 saturated carbocycles. The summed E-state index contributed by atoms with van der Waals surface area (Å²) < 4.78 is 0. The van der Waals surface area contributed by atoms with Crippen LogP contribution >= 0.6 is 0 Å². The van der Waals surface area contributed by atoms with Gasteiger partial charge in [-0.1, -0.05) is 18.2 Å². The highest BCUT2D eigenvalue weighted by Gasteiger charge is 2.18. The molecule has 1 heterocycles. The molecule has 0 spiro atoms. The van der Waals surface area contributed by atoms with Crippen molar-refractivity contribution in [2.75, 3.05) is 19.6 Å². The minimum atomic E-state index is -0.860. The molecule has 4 nitrogen and oxygen atoms in total. The molecule has 86 valence electrons. The van der Waals surface area contributed by atoms with Crippen LogP contribution in [0.1, 0.15) is 28.4 Å². The van der Waals surface area contributed by atoms with Crippen LogP contribution in [-0.2, 0) is 0 Å². The van der Waals surface area contributed by atoms with Crippen LogP contribution in [0.25, 0.3) is 0 Å². The van der Waals surface area contributed by atoms with Crippen molar-refractivity contribution in [2.24, 2.45) is 0 Å². The number of carboxylic acid groups (broad SMARTS) is 1. The Morgan fingerprint density at radius 2 is 2.12 bits per heavy atom. The average molecular weight is 220 g/mol. The van der Waals surface area contributed by atoms with Crippen LogP contribution in [0.5, 0.6) is 0 Å². The molecule has 0 bridgehead atoms. The standard InChI is InChI=1S/C12H16N2O2/c15-12(16)10-5-2-1-4-9(10)11-8-13-6-3-7-14-11/h1-2,4-5,11,13-14H,3,6-8H2,(H,15,16). The fourth-order valence-electron chi connectivity index (χ4n) is 2.02. The van der Waals surface area contributed by atoms with Gasteiger partial charge in [-0.15, -0.1) is 0 Å². The van der Waals surface area contributed by atoms with Crippen LogP contribution in [0.15, 0.2) is 24.3 Å². The molecule has 1 atom stereocenters. The van der Waals surface area contributed by atoms with E-state index in [1.165, 1.54) is 0 Å². The topological polar surface area (TPSA) is 61.4 Å². The third-order valence-electron chi connectivity index (χ3n) is 2.84. The zero-order valence-electron chi connectivity index (χ0n) is 9.07. The molecule has 0 aliphatic carbocycles. The molecule has 3 N–H and O–H groups in total. The molecule has 1 unspecified atom stereocenters. The molecular weight excluding hydrogens is 204 g/mol. The van der Waals surface area contributed by atoms with Crippen molar-refractivity contribution in [1.82, 2.24) is 10.6 Å². The molecule has 1 fully saturated rings. The van der Waals surface area contributed by atoms with Gasteiger partial charge in [-0.3, -0.25) is 0 Å². The summed E-state index contributed by atoms with van der Waals surface area (Å²) in [5, 5.41) is 15.8. The zero-order valence-corrected chi connectivity index (χ0v) is 9.07. The van der Waals surface area contributed by atoms with Gasteiger partial charge in [-0.2, -0.15) is 0 Å². The van der Waals surface area contributed by atoms with Crippen LogP contribution < -0.4 is 10.6 Å². The van der Waals surface area contributed by atoms with E-state index in [2.05, 4.69) is 10.6 Å². The normalized spacial score (nSPS) is 21.4. The lowest BCUT2D eigenvalue weighted by atomic mass is 10.0. The predicted molar refractivity (Wildman–Crippen MR) is 61.6 cm³/mol. The smallest absolute Gasteiger partial charge is 0.336 e. The fourth-order valence-corrected chi connectivity index (χ4v) is 2.02. The van der Waals surface area contributed by atoms with Gasteiger partial charge >= 0.3 is 5.97 Å². The molecule has 0 aromatic heterocycles. The van der Waals surface area contributed by atoms with E-state index in [-0.39, 0.29) is 6.04 Å². The van der Waals surface area contributed by atoms with Gasteiger partial charge in [0.25, 0.3) is 0 Å². The van der Waals surface area contributed by atoms with Gasteiger partial charge in [-0.25, -0.2) is 4.79 Å². The monoisotopic (exact) mass is 220 g/mol. The van der Waals surface area contributed by atoms with E-state index in [1.54, 1.807) is 12.1 Å². The number of benzene rings is 1. The van der Waals surface area contributed by atoms with Gasteiger partial charge in [0, 0.05) is 12.6 Å². The number of rotatable bonds is 2. The Morgan fingerprint density at radius 3 is 2.94 bits per heavy atom. The van der Waals surface area contributed by atoms with E-state index in [4.69, 9.17) is 5.11 Å². The number of nitrogens with one attached hydrogen (secondary N) is 2. The minimum Gasteiger partial charge on any atom is -0.478 e. The summed E-state index contributed by atoms with van der Waals surface area (Å²) in [6.45, 7) is 2.69. The minimum absolute atomic E-state index is 0.0924. The second-order valence-corrected chi connectivity index (χ2v) is 3.96. The van der Waals surface area contributed by atoms with Crippen molar-refractivity contribution >= 4 is 5.97 Å². The van der Waals surface area contributed by atoms with Crippen molar-refractivity contribution in [1.29, 1.82) is 0 Å². The Hall–Kier alpha value is -1.39. The second-order valence-electron chi connectivity index (χ2n) is 3.96. The summed E-state index contributed by atoms with van der Waals surface area (Å²) in [5.74, 6) is -0.860. The molecule has 1 aromatic carbocycles. The summed E-state index contributed by atoms with van der Waals surface area (Å²) in [6.07, 6.45) is 1.08. The molecule has 1 saturated heterocycles. The quantitative estimate of drug-likeness (QED) is 0.696. The van der Waals surface area contributed by atoms with Gasteiger partial charge < -0.3 is 15.7 Å². The first kappa shape index (κ1) is 11.1. The Labute approximate surface area is 94.7 Å². The molecule has 4 heteroatoms. The molecule has 2 rings (SSSR count). The number of aromatic carboxylic acids is 1. The summed E-state index contributed by atoms with van der Waals surface area (Å²) >= 11 is 0. The third kappa shape index (κ3) is 2.40. The van der Waals surface area contributed by atoms with Crippen molar-refractivity contribution in [3.05, 3.63) is 35.4 Å². The first-order valence-corrected chi connectivity index (χ1v) is 5.55. The van der Waals surface area contributed by atoms with Gasteiger partial charge in [0.15, 0.2) is 0 Å². The Kier molecular flexibility index (Phi) is 3.54. The lowest BCUT2D eigenvalue weighted by molar-refractivity contribution is 0.0695. The number of hydrogen-bond donors (Lipinski definition) is 3. The SMILES string of the molecule is O=C(O)c1ccccc1C1CNCCCN1. The highest BCUT2D eigenvalue weighted by Crippen LogP contribution is 2.18. The van der Waals surface area contributed by atoms with Crippen LogP contribution in [0.4, 0.5) is 0 Å². The Balaban J connectivity index is 2.27. The second kappa shape index (κ2) is 5.09. The van der Waals surface area contributed by atoms with E-state index in [0.717, 1.165) is 31.6 Å². The third-order valence-corrected chi connectivity index (χ3v) is 2.84. The zero-order chi connectivity index (χ0) is 11.4. The predicted octanol–water partition coefficient (Wildman–Crippen LogP) is 1.01. The van der Waals surface area contributed by atoms with Crippen molar-refractivity contribution in [3.63, 3.8) is 0 Å². The molecule has 1 aromatic rings. The number of carbonyl (C=O) groups is 1. The lowest BCUT2D eigenvalue weighted by Crippen LogP contribution is -2.28. The lowest BCUT2D eigenvalue weighted by Gasteiger charge is -2.18. The highest BCUT2D eigenvalue weighted by molar-refractivity contribution is 5.89. The first-order chi connectivity index (χ1) is 7.79. The summed E-state index contributed by atoms with van der Waals surface area (Å²) in [4.78, 5) is 11.1. The Morgan fingerprint density at radius 1 is 1.31 bits per heavy atom. The van der Waals surface area contributed by atoms with E-state index in [1.807, 2.05) is 12.1 Å². The fraction of sp³-hybridized carbons (Fsp3) is 0.417. The van der Waals surface area contributed by atoms with Crippen molar-refractivity contribution in [2.45, 2.75) is 12.5 Å². The maximum atomic E-state index is 11.1. The largest absolute Gasteiger partial charge is 0.478 e. The van der Waals surface area contributed by atoms with Crippen molar-refractivity contribution in [3.8, 4) is 0 Å². The van der Waals surface area contributed by atoms with Crippen LogP contribution in [0.2, 0.25) is 0 Å². The van der Waals surface area contributed by atoms with Crippen molar-refractivity contribution < 1.29 is 9.90 Å². The summed E-state index contributed by atoms with van der Waals surface area (Å²) in [7, 11) is 0. The van der Waals surface area contributed by atoms with E-state index < -0.39 is 5.97 Å². The van der Waals surface area contributed by atoms with Crippen LogP contribution in [0.3, 0.4) is 0 Å². The molecule has 1 aliphatic rings. The van der Waals surface area contributed by atoms with E-state index in [0.29, 0.717) is 5.56 Å². The van der Waals surface area contributed by atoms with E-state index >= 15 is 0 Å². The van der Waals surface area contributed by atoms with E-state index in [9.17, 15) is 4.79 Å². The van der Waals surface area contributed by atoms with Gasteiger partial charge in [0.2, 0.25) is 0 Å². The average Bonchev–Trinajstić information content (AvgIpc) is 2.57. The molecular formula is C12H16N2O2. The van der Waals surface area contributed by atoms with Gasteiger partial charge in [0.05, 0.1) is 5.56 Å². The molecule has 1 aliphatic heterocycles. The molecule has 16 heavy (non-hydrogen) atoms. The number of carboxylic acids is 1. The Bertz CT molecular complexity index is 371. The summed E-state index contributed by atoms with van der Waals surface area (Å²) in [6, 6.07) is 7.28. The van der Waals surface area contributed by atoms with Gasteiger partial charge in [-0.05, 0) is 31.1 Å². The van der Waals surface area contributed by atoms with Crippen LogP contribution in [-0.4, -0.2) is 30.7 Å². The molecule has 0 radical (unpaired) electrons. The first-order valence-electron chi connectivity index (χ1n) is 5.55. The molecule has 0 amide bonds. The highest BCUT2D eigenvalue weighted by atomic mass is 16.4. The summed E-state index contributed by atoms with van der Waals surface area (Å²) in [5.41, 5.74) is 1.26. The maximum Gasteiger partial charge on any atom is 0.336 e. The maximum absolute atomic E-state index is 11.1. The number of hydrogen-bond acceptors (Lipinski definition) is 3.